The number of nitrogens with zero attached hydrogens (tertiary/aromatic N) is 1. The van der Waals surface area contributed by atoms with E-state index < -0.39 is 11.9 Å². The lowest BCUT2D eigenvalue weighted by molar-refractivity contribution is 0.0734. The number of benzene rings is 4. The first-order chi connectivity index (χ1) is 18.4. The number of esters is 1. The van der Waals surface area contributed by atoms with E-state index in [4.69, 9.17) is 16.3 Å². The molecule has 0 aliphatic rings. The minimum Gasteiger partial charge on any atom is -0.422 e. The summed E-state index contributed by atoms with van der Waals surface area (Å²) >= 11 is 13.2. The van der Waals surface area contributed by atoms with E-state index in [0.29, 0.717) is 33.1 Å². The van der Waals surface area contributed by atoms with Crippen LogP contribution in [0, 0.1) is 0 Å². The molecule has 5 rings (SSSR count). The van der Waals surface area contributed by atoms with Crippen molar-refractivity contribution in [3.8, 4) is 16.9 Å². The number of aromatic nitrogens is 1. The lowest BCUT2D eigenvalue weighted by atomic mass is 10.0. The first kappa shape index (κ1) is 25.9. The van der Waals surface area contributed by atoms with Crippen molar-refractivity contribution >= 4 is 72.5 Å². The van der Waals surface area contributed by atoms with Crippen molar-refractivity contribution in [2.24, 2.45) is 5.10 Å². The molecule has 0 spiro atoms. The summed E-state index contributed by atoms with van der Waals surface area (Å²) in [6.07, 6.45) is 1.42. The van der Waals surface area contributed by atoms with Crippen LogP contribution in [-0.2, 0) is 0 Å². The predicted molar refractivity (Wildman–Crippen MR) is 157 cm³/mol. The quantitative estimate of drug-likeness (QED) is 0.0845. The van der Waals surface area contributed by atoms with Gasteiger partial charge in [0.2, 0.25) is 0 Å². The monoisotopic (exact) mass is 649 g/mol. The Morgan fingerprint density at radius 3 is 2.39 bits per heavy atom. The number of amides is 1. The van der Waals surface area contributed by atoms with Gasteiger partial charge in [-0.25, -0.2) is 10.2 Å². The lowest BCUT2D eigenvalue weighted by Gasteiger charge is -2.08. The van der Waals surface area contributed by atoms with E-state index >= 15 is 0 Å². The van der Waals surface area contributed by atoms with Crippen LogP contribution in [0.15, 0.2) is 105 Å². The Bertz CT molecular complexity index is 1680. The number of fused-ring (bicyclic) bond motifs is 1. The molecular weight excluding hydrogens is 634 g/mol. The second-order valence-electron chi connectivity index (χ2n) is 8.18. The Balaban J connectivity index is 1.41. The average molecular weight is 652 g/mol. The maximum atomic E-state index is 13.3. The molecule has 0 saturated carbocycles. The molecule has 0 aliphatic carbocycles. The zero-order chi connectivity index (χ0) is 26.6. The Morgan fingerprint density at radius 2 is 1.63 bits per heavy atom. The number of rotatable bonds is 6. The summed E-state index contributed by atoms with van der Waals surface area (Å²) in [6, 6.07) is 27.1. The normalized spacial score (nSPS) is 11.1. The highest BCUT2D eigenvalue weighted by molar-refractivity contribution is 9.10. The van der Waals surface area contributed by atoms with Crippen LogP contribution >= 0.6 is 43.5 Å². The van der Waals surface area contributed by atoms with Gasteiger partial charge in [0.05, 0.1) is 22.3 Å². The average Bonchev–Trinajstić information content (AvgIpc) is 3.32. The van der Waals surface area contributed by atoms with Crippen molar-refractivity contribution in [2.75, 3.05) is 0 Å². The molecule has 188 valence electrons. The van der Waals surface area contributed by atoms with Crippen LogP contribution in [-0.4, -0.2) is 23.1 Å². The molecule has 5 aromatic rings. The van der Waals surface area contributed by atoms with Crippen molar-refractivity contribution in [1.82, 2.24) is 10.4 Å². The number of para-hydroxylation sites is 1. The van der Waals surface area contributed by atoms with Crippen LogP contribution in [0.25, 0.3) is 22.0 Å². The van der Waals surface area contributed by atoms with Crippen LogP contribution in [0.5, 0.6) is 5.75 Å². The van der Waals surface area contributed by atoms with Gasteiger partial charge in [-0.15, -0.1) is 0 Å². The first-order valence-electron chi connectivity index (χ1n) is 11.4. The number of nitrogens with one attached hydrogen (secondary N) is 2. The smallest absolute Gasteiger partial charge is 0.343 e. The predicted octanol–water partition coefficient (Wildman–Crippen LogP) is 8.00. The standard InChI is InChI=1S/C29H18Br2ClN3O3/c30-20-11-9-18(10-12-20)29(37)38-24-14-13-21(31)15-19(24)16-33-35-28(36)27-25(17-5-2-1-3-6-17)22-7-4-8-23(32)26(22)34-27/h1-16,34H,(H,35,36). The molecule has 1 amide bonds. The van der Waals surface area contributed by atoms with Crippen molar-refractivity contribution in [3.63, 3.8) is 0 Å². The van der Waals surface area contributed by atoms with Gasteiger partial charge in [0.1, 0.15) is 11.4 Å². The van der Waals surface area contributed by atoms with E-state index in [1.54, 1.807) is 48.5 Å². The van der Waals surface area contributed by atoms with Crippen molar-refractivity contribution in [3.05, 3.63) is 122 Å². The number of ether oxygens (including phenoxy) is 1. The minimum atomic E-state index is -0.513. The second-order valence-corrected chi connectivity index (χ2v) is 10.4. The zero-order valence-corrected chi connectivity index (χ0v) is 23.5. The van der Waals surface area contributed by atoms with Crippen molar-refractivity contribution < 1.29 is 14.3 Å². The Kier molecular flexibility index (Phi) is 7.74. The van der Waals surface area contributed by atoms with Gasteiger partial charge in [0, 0.05) is 25.5 Å². The number of hydrogen-bond acceptors (Lipinski definition) is 4. The molecule has 38 heavy (non-hydrogen) atoms. The van der Waals surface area contributed by atoms with Gasteiger partial charge in [-0.2, -0.15) is 5.10 Å². The maximum absolute atomic E-state index is 13.3. The molecule has 2 N–H and O–H groups in total. The molecule has 1 aromatic heterocycles. The molecule has 0 aliphatic heterocycles. The molecule has 0 unspecified atom stereocenters. The summed E-state index contributed by atoms with van der Waals surface area (Å²) in [7, 11) is 0. The van der Waals surface area contributed by atoms with E-state index in [9.17, 15) is 9.59 Å². The SMILES string of the molecule is O=C(Oc1ccc(Br)cc1C=NNC(=O)c1[nH]c2c(Cl)cccc2c1-c1ccccc1)c1ccc(Br)cc1. The summed E-state index contributed by atoms with van der Waals surface area (Å²) in [6.45, 7) is 0. The highest BCUT2D eigenvalue weighted by Crippen LogP contribution is 2.35. The van der Waals surface area contributed by atoms with Gasteiger partial charge in [-0.1, -0.05) is 85.9 Å². The molecule has 0 fully saturated rings. The summed E-state index contributed by atoms with van der Waals surface area (Å²) < 4.78 is 7.21. The number of H-pyrrole nitrogens is 1. The number of aromatic amines is 1. The van der Waals surface area contributed by atoms with E-state index in [0.717, 1.165) is 25.5 Å². The number of hydrogen-bond donors (Lipinski definition) is 2. The van der Waals surface area contributed by atoms with Crippen LogP contribution < -0.4 is 10.2 Å². The minimum absolute atomic E-state index is 0.293. The van der Waals surface area contributed by atoms with Crippen LogP contribution in [0.1, 0.15) is 26.4 Å². The molecule has 1 heterocycles. The fourth-order valence-corrected chi connectivity index (χ4v) is 4.80. The highest BCUT2D eigenvalue weighted by atomic mass is 79.9. The molecule has 4 aromatic carbocycles. The molecular formula is C29H18Br2ClN3O3. The number of carbonyl (C=O) groups excluding carboxylic acids is 2. The third-order valence-electron chi connectivity index (χ3n) is 5.70. The molecule has 0 radical (unpaired) electrons. The van der Waals surface area contributed by atoms with Crippen molar-refractivity contribution in [1.29, 1.82) is 0 Å². The third-order valence-corrected chi connectivity index (χ3v) is 7.03. The highest BCUT2D eigenvalue weighted by Gasteiger charge is 2.20. The van der Waals surface area contributed by atoms with E-state index in [1.807, 2.05) is 42.5 Å². The maximum Gasteiger partial charge on any atom is 0.343 e. The molecule has 0 saturated heterocycles. The molecule has 6 nitrogen and oxygen atoms in total. The number of halogens is 3. The topological polar surface area (TPSA) is 83.5 Å². The van der Waals surface area contributed by atoms with Gasteiger partial charge in [0.25, 0.3) is 5.91 Å². The fourth-order valence-electron chi connectivity index (χ4n) is 3.93. The van der Waals surface area contributed by atoms with Gasteiger partial charge in [-0.3, -0.25) is 4.79 Å². The number of hydrazone groups is 1. The van der Waals surface area contributed by atoms with E-state index in [2.05, 4.69) is 47.4 Å². The Morgan fingerprint density at radius 1 is 0.895 bits per heavy atom. The Hall–Kier alpha value is -3.72. The van der Waals surface area contributed by atoms with Gasteiger partial charge < -0.3 is 9.72 Å². The zero-order valence-electron chi connectivity index (χ0n) is 19.5. The summed E-state index contributed by atoms with van der Waals surface area (Å²) in [5.41, 5.74) is 6.05. The van der Waals surface area contributed by atoms with Gasteiger partial charge >= 0.3 is 5.97 Å². The van der Waals surface area contributed by atoms with E-state index in [-0.39, 0.29) is 0 Å². The summed E-state index contributed by atoms with van der Waals surface area (Å²) in [4.78, 5) is 29.0. The molecule has 9 heteroatoms. The van der Waals surface area contributed by atoms with Crippen LogP contribution in [0.4, 0.5) is 0 Å². The van der Waals surface area contributed by atoms with Crippen molar-refractivity contribution in [2.45, 2.75) is 0 Å². The van der Waals surface area contributed by atoms with E-state index in [1.165, 1.54) is 6.21 Å². The fraction of sp³-hybridized carbons (Fsp3) is 0. The van der Waals surface area contributed by atoms with Crippen LogP contribution in [0.2, 0.25) is 5.02 Å². The molecule has 0 bridgehead atoms. The third kappa shape index (κ3) is 5.57. The summed E-state index contributed by atoms with van der Waals surface area (Å²) in [5, 5.41) is 5.48. The van der Waals surface area contributed by atoms with Crippen LogP contribution in [0.3, 0.4) is 0 Å². The molecule has 0 atom stereocenters. The number of carbonyl (C=O) groups is 2. The van der Waals surface area contributed by atoms with Gasteiger partial charge in [-0.05, 0) is 54.1 Å². The summed E-state index contributed by atoms with van der Waals surface area (Å²) in [5.74, 6) is -0.668. The van der Waals surface area contributed by atoms with Gasteiger partial charge in [0.15, 0.2) is 0 Å². The Labute approximate surface area is 239 Å². The largest absolute Gasteiger partial charge is 0.422 e. The lowest BCUT2D eigenvalue weighted by Crippen LogP contribution is -2.19. The second kappa shape index (κ2) is 11.3. The first-order valence-corrected chi connectivity index (χ1v) is 13.3.